The van der Waals surface area contributed by atoms with E-state index in [2.05, 4.69) is 34.6 Å². The standard InChI is InChI=1S/C18H23N3O2/c1-14-8-10-21(11-9-14)16-6-4-15(5-7-16)20-18(22)19-13-17-3-2-12-23-17/h2-7,12,14H,8-11,13H2,1H3,(H2,19,20,22). The number of piperidine rings is 1. The zero-order valence-electron chi connectivity index (χ0n) is 13.4. The molecule has 2 aromatic rings. The maximum atomic E-state index is 11.9. The number of nitrogens with zero attached hydrogens (tertiary/aromatic N) is 1. The Kier molecular flexibility index (Phi) is 4.86. The van der Waals surface area contributed by atoms with Gasteiger partial charge in [0.2, 0.25) is 0 Å². The van der Waals surface area contributed by atoms with Crippen LogP contribution in [0.15, 0.2) is 47.1 Å². The minimum atomic E-state index is -0.235. The molecular formula is C18H23N3O2. The van der Waals surface area contributed by atoms with Crippen LogP contribution >= 0.6 is 0 Å². The summed E-state index contributed by atoms with van der Waals surface area (Å²) in [5.41, 5.74) is 2.01. The van der Waals surface area contributed by atoms with Crippen LogP contribution in [0.1, 0.15) is 25.5 Å². The van der Waals surface area contributed by atoms with Crippen LogP contribution in [0, 0.1) is 5.92 Å². The van der Waals surface area contributed by atoms with Crippen molar-refractivity contribution in [2.45, 2.75) is 26.3 Å². The Labute approximate surface area is 136 Å². The fourth-order valence-electron chi connectivity index (χ4n) is 2.78. The summed E-state index contributed by atoms with van der Waals surface area (Å²) in [6.07, 6.45) is 4.08. The molecule has 0 aliphatic carbocycles. The van der Waals surface area contributed by atoms with E-state index in [-0.39, 0.29) is 6.03 Å². The van der Waals surface area contributed by atoms with Crippen molar-refractivity contribution in [2.24, 2.45) is 5.92 Å². The molecular weight excluding hydrogens is 290 g/mol. The largest absolute Gasteiger partial charge is 0.467 e. The average molecular weight is 313 g/mol. The molecule has 3 rings (SSSR count). The van der Waals surface area contributed by atoms with Crippen molar-refractivity contribution in [1.82, 2.24) is 5.32 Å². The molecule has 0 radical (unpaired) electrons. The molecule has 1 aromatic carbocycles. The third-order valence-corrected chi connectivity index (χ3v) is 4.28. The molecule has 1 aliphatic rings. The number of urea groups is 1. The van der Waals surface area contributed by atoms with E-state index in [0.717, 1.165) is 30.5 Å². The van der Waals surface area contributed by atoms with Gasteiger partial charge in [0.25, 0.3) is 0 Å². The van der Waals surface area contributed by atoms with Crippen molar-refractivity contribution in [3.8, 4) is 0 Å². The SMILES string of the molecule is CC1CCN(c2ccc(NC(=O)NCc3ccco3)cc2)CC1. The highest BCUT2D eigenvalue weighted by Crippen LogP contribution is 2.24. The number of amides is 2. The van der Waals surface area contributed by atoms with Gasteiger partial charge in [0.15, 0.2) is 0 Å². The molecule has 0 atom stereocenters. The van der Waals surface area contributed by atoms with Crippen LogP contribution in [-0.2, 0) is 6.54 Å². The van der Waals surface area contributed by atoms with E-state index < -0.39 is 0 Å². The highest BCUT2D eigenvalue weighted by atomic mass is 16.3. The summed E-state index contributed by atoms with van der Waals surface area (Å²) < 4.78 is 5.18. The third kappa shape index (κ3) is 4.28. The molecule has 1 aromatic heterocycles. The Morgan fingerprint density at radius 1 is 1.22 bits per heavy atom. The summed E-state index contributed by atoms with van der Waals surface area (Å²) >= 11 is 0. The van der Waals surface area contributed by atoms with E-state index in [0.29, 0.717) is 6.54 Å². The Hall–Kier alpha value is -2.43. The van der Waals surface area contributed by atoms with Gasteiger partial charge in [-0.1, -0.05) is 6.92 Å². The number of nitrogens with one attached hydrogen (secondary N) is 2. The first-order valence-electron chi connectivity index (χ1n) is 8.13. The molecule has 2 N–H and O–H groups in total. The van der Waals surface area contributed by atoms with Gasteiger partial charge >= 0.3 is 6.03 Å². The van der Waals surface area contributed by atoms with Crippen LogP contribution in [0.2, 0.25) is 0 Å². The number of benzene rings is 1. The quantitative estimate of drug-likeness (QED) is 0.901. The van der Waals surface area contributed by atoms with E-state index in [9.17, 15) is 4.79 Å². The van der Waals surface area contributed by atoms with Gasteiger partial charge in [-0.25, -0.2) is 4.79 Å². The van der Waals surface area contributed by atoms with E-state index in [1.54, 1.807) is 12.3 Å². The predicted octanol–water partition coefficient (Wildman–Crippen LogP) is 3.84. The van der Waals surface area contributed by atoms with Gasteiger partial charge in [-0.3, -0.25) is 0 Å². The second-order valence-corrected chi connectivity index (χ2v) is 6.10. The van der Waals surface area contributed by atoms with Crippen LogP contribution < -0.4 is 15.5 Å². The van der Waals surface area contributed by atoms with Crippen molar-refractivity contribution < 1.29 is 9.21 Å². The number of hydrogen-bond acceptors (Lipinski definition) is 3. The number of hydrogen-bond donors (Lipinski definition) is 2. The smallest absolute Gasteiger partial charge is 0.319 e. The summed E-state index contributed by atoms with van der Waals surface area (Å²) in [5.74, 6) is 1.56. The lowest BCUT2D eigenvalue weighted by atomic mass is 9.99. The first kappa shape index (κ1) is 15.5. The first-order chi connectivity index (χ1) is 11.2. The maximum Gasteiger partial charge on any atom is 0.319 e. The van der Waals surface area contributed by atoms with Crippen LogP contribution in [0.5, 0.6) is 0 Å². The molecule has 0 bridgehead atoms. The Morgan fingerprint density at radius 3 is 2.61 bits per heavy atom. The fourth-order valence-corrected chi connectivity index (χ4v) is 2.78. The van der Waals surface area contributed by atoms with Crippen molar-refractivity contribution in [1.29, 1.82) is 0 Å². The average Bonchev–Trinajstić information content (AvgIpc) is 3.08. The lowest BCUT2D eigenvalue weighted by molar-refractivity contribution is 0.251. The van der Waals surface area contributed by atoms with Crippen LogP contribution in [0.25, 0.3) is 0 Å². The molecule has 2 heterocycles. The number of rotatable bonds is 4. The van der Waals surface area contributed by atoms with Gasteiger partial charge in [0.05, 0.1) is 12.8 Å². The highest BCUT2D eigenvalue weighted by molar-refractivity contribution is 5.89. The van der Waals surface area contributed by atoms with Crippen molar-refractivity contribution in [2.75, 3.05) is 23.3 Å². The summed E-state index contributed by atoms with van der Waals surface area (Å²) in [6.45, 7) is 4.91. The zero-order chi connectivity index (χ0) is 16.1. The number of carbonyl (C=O) groups is 1. The van der Waals surface area contributed by atoms with Gasteiger partial charge in [-0.2, -0.15) is 0 Å². The monoisotopic (exact) mass is 313 g/mol. The van der Waals surface area contributed by atoms with Gasteiger partial charge in [0, 0.05) is 24.5 Å². The predicted molar refractivity (Wildman–Crippen MR) is 91.6 cm³/mol. The fraction of sp³-hybridized carbons (Fsp3) is 0.389. The lowest BCUT2D eigenvalue weighted by Gasteiger charge is -2.32. The Bertz CT molecular complexity index is 614. The molecule has 0 unspecified atom stereocenters. The van der Waals surface area contributed by atoms with Crippen LogP contribution in [-0.4, -0.2) is 19.1 Å². The topological polar surface area (TPSA) is 57.5 Å². The van der Waals surface area contributed by atoms with Crippen molar-refractivity contribution in [3.05, 3.63) is 48.4 Å². The first-order valence-corrected chi connectivity index (χ1v) is 8.13. The van der Waals surface area contributed by atoms with Crippen LogP contribution in [0.4, 0.5) is 16.2 Å². The van der Waals surface area contributed by atoms with Crippen molar-refractivity contribution in [3.63, 3.8) is 0 Å². The number of carbonyl (C=O) groups excluding carboxylic acids is 1. The zero-order valence-corrected chi connectivity index (χ0v) is 13.4. The van der Waals surface area contributed by atoms with E-state index >= 15 is 0 Å². The van der Waals surface area contributed by atoms with Gasteiger partial charge in [-0.15, -0.1) is 0 Å². The summed E-state index contributed by atoms with van der Waals surface area (Å²) in [7, 11) is 0. The third-order valence-electron chi connectivity index (χ3n) is 4.28. The normalized spacial score (nSPS) is 15.4. The molecule has 5 heteroatoms. The number of furan rings is 1. The Morgan fingerprint density at radius 2 is 1.96 bits per heavy atom. The maximum absolute atomic E-state index is 11.9. The second kappa shape index (κ2) is 7.22. The van der Waals surface area contributed by atoms with E-state index in [4.69, 9.17) is 4.42 Å². The second-order valence-electron chi connectivity index (χ2n) is 6.10. The number of anilines is 2. The molecule has 122 valence electrons. The Balaban J connectivity index is 1.50. The van der Waals surface area contributed by atoms with Gasteiger partial charge < -0.3 is 20.0 Å². The van der Waals surface area contributed by atoms with E-state index in [1.807, 2.05) is 18.2 Å². The molecule has 23 heavy (non-hydrogen) atoms. The molecule has 5 nitrogen and oxygen atoms in total. The molecule has 1 fully saturated rings. The minimum Gasteiger partial charge on any atom is -0.467 e. The van der Waals surface area contributed by atoms with Gasteiger partial charge in [0.1, 0.15) is 5.76 Å². The highest BCUT2D eigenvalue weighted by Gasteiger charge is 2.15. The molecule has 0 saturated carbocycles. The molecule has 0 spiro atoms. The summed E-state index contributed by atoms with van der Waals surface area (Å²) in [5, 5.41) is 5.59. The van der Waals surface area contributed by atoms with E-state index in [1.165, 1.54) is 18.5 Å². The lowest BCUT2D eigenvalue weighted by Crippen LogP contribution is -2.32. The summed E-state index contributed by atoms with van der Waals surface area (Å²) in [6, 6.07) is 11.4. The minimum absolute atomic E-state index is 0.235. The summed E-state index contributed by atoms with van der Waals surface area (Å²) in [4.78, 5) is 14.3. The molecule has 1 aliphatic heterocycles. The molecule has 2 amide bonds. The van der Waals surface area contributed by atoms with Crippen molar-refractivity contribution >= 4 is 17.4 Å². The molecule has 1 saturated heterocycles. The van der Waals surface area contributed by atoms with Crippen LogP contribution in [0.3, 0.4) is 0 Å². The van der Waals surface area contributed by atoms with Gasteiger partial charge in [-0.05, 0) is 55.2 Å².